The number of esters is 1. The van der Waals surface area contributed by atoms with Crippen LogP contribution < -0.4 is 4.72 Å². The van der Waals surface area contributed by atoms with E-state index in [1.54, 1.807) is 6.92 Å². The first kappa shape index (κ1) is 22.9. The van der Waals surface area contributed by atoms with Crippen LogP contribution in [-0.2, 0) is 19.5 Å². The van der Waals surface area contributed by atoms with E-state index in [-0.39, 0.29) is 29.7 Å². The number of morpholine rings is 1. The van der Waals surface area contributed by atoms with Crippen LogP contribution in [0.3, 0.4) is 0 Å². The predicted molar refractivity (Wildman–Crippen MR) is 117 cm³/mol. The number of hydrogen-bond acceptors (Lipinski definition) is 6. The standard InChI is InChI=1S/C21H25BrN2O5S/c1-2-29-21(25)17-8-9-20(18(22)14-17)30(26,27)23-15-19(16-6-4-3-5-7-16)24-10-12-28-13-11-24/h3-9,14,19,23H,2,10-13,15H2,1H3. The molecule has 1 saturated heterocycles. The van der Waals surface area contributed by atoms with Gasteiger partial charge in [-0.3, -0.25) is 4.90 Å². The van der Waals surface area contributed by atoms with Crippen molar-refractivity contribution >= 4 is 31.9 Å². The molecule has 0 saturated carbocycles. The fourth-order valence-corrected chi connectivity index (χ4v) is 5.46. The number of benzene rings is 2. The molecular weight excluding hydrogens is 472 g/mol. The summed E-state index contributed by atoms with van der Waals surface area (Å²) in [5, 5.41) is 0. The number of rotatable bonds is 8. The van der Waals surface area contributed by atoms with E-state index in [9.17, 15) is 13.2 Å². The summed E-state index contributed by atoms with van der Waals surface area (Å²) in [6.45, 7) is 4.90. The van der Waals surface area contributed by atoms with Crippen molar-refractivity contribution in [3.8, 4) is 0 Å². The summed E-state index contributed by atoms with van der Waals surface area (Å²) in [6.07, 6.45) is 0. The summed E-state index contributed by atoms with van der Waals surface area (Å²) < 4.78 is 39.4. The minimum Gasteiger partial charge on any atom is -0.462 e. The Labute approximate surface area is 185 Å². The minimum absolute atomic E-state index is 0.0735. The monoisotopic (exact) mass is 496 g/mol. The van der Waals surface area contributed by atoms with E-state index < -0.39 is 16.0 Å². The summed E-state index contributed by atoms with van der Waals surface area (Å²) >= 11 is 3.28. The van der Waals surface area contributed by atoms with Crippen molar-refractivity contribution in [2.75, 3.05) is 39.5 Å². The fourth-order valence-electron chi connectivity index (χ4n) is 3.35. The molecule has 1 heterocycles. The van der Waals surface area contributed by atoms with Crippen LogP contribution in [0.2, 0.25) is 0 Å². The number of nitrogens with zero attached hydrogens (tertiary/aromatic N) is 1. The van der Waals surface area contributed by atoms with Crippen LogP contribution in [0, 0.1) is 0 Å². The number of hydrogen-bond donors (Lipinski definition) is 1. The average molecular weight is 497 g/mol. The average Bonchev–Trinajstić information content (AvgIpc) is 2.75. The summed E-state index contributed by atoms with van der Waals surface area (Å²) in [5.74, 6) is -0.494. The van der Waals surface area contributed by atoms with Gasteiger partial charge in [0.15, 0.2) is 0 Å². The van der Waals surface area contributed by atoms with Gasteiger partial charge >= 0.3 is 5.97 Å². The number of sulfonamides is 1. The third-order valence-electron chi connectivity index (χ3n) is 4.87. The summed E-state index contributed by atoms with van der Waals surface area (Å²) in [6, 6.07) is 14.0. The number of halogens is 1. The topological polar surface area (TPSA) is 84.9 Å². The molecule has 0 amide bonds. The van der Waals surface area contributed by atoms with Gasteiger partial charge in [-0.1, -0.05) is 30.3 Å². The Kier molecular flexibility index (Phi) is 8.01. The maximum atomic E-state index is 13.0. The summed E-state index contributed by atoms with van der Waals surface area (Å²) in [5.41, 5.74) is 1.33. The Morgan fingerprint density at radius 3 is 2.53 bits per heavy atom. The van der Waals surface area contributed by atoms with Crippen molar-refractivity contribution < 1.29 is 22.7 Å². The van der Waals surface area contributed by atoms with Crippen molar-refractivity contribution in [1.82, 2.24) is 9.62 Å². The highest BCUT2D eigenvalue weighted by Crippen LogP contribution is 2.26. The Morgan fingerprint density at radius 2 is 1.90 bits per heavy atom. The van der Waals surface area contributed by atoms with Gasteiger partial charge in [0.2, 0.25) is 10.0 Å². The maximum Gasteiger partial charge on any atom is 0.338 e. The number of nitrogens with one attached hydrogen (secondary N) is 1. The molecule has 0 aromatic heterocycles. The van der Waals surface area contributed by atoms with Crippen LogP contribution in [0.4, 0.5) is 0 Å². The summed E-state index contributed by atoms with van der Waals surface area (Å²) in [4.78, 5) is 14.2. The molecule has 1 aliphatic rings. The van der Waals surface area contributed by atoms with Crippen molar-refractivity contribution in [2.45, 2.75) is 17.9 Å². The fraction of sp³-hybridized carbons (Fsp3) is 0.381. The van der Waals surface area contributed by atoms with Gasteiger partial charge in [0.1, 0.15) is 0 Å². The number of ether oxygens (including phenoxy) is 2. The molecular formula is C21H25BrN2O5S. The lowest BCUT2D eigenvalue weighted by Gasteiger charge is -2.34. The van der Waals surface area contributed by atoms with Gasteiger partial charge in [0.25, 0.3) is 0 Å². The van der Waals surface area contributed by atoms with Gasteiger partial charge in [0, 0.05) is 30.1 Å². The van der Waals surface area contributed by atoms with E-state index in [1.807, 2.05) is 30.3 Å². The van der Waals surface area contributed by atoms with E-state index in [2.05, 4.69) is 25.6 Å². The highest BCUT2D eigenvalue weighted by molar-refractivity contribution is 9.10. The molecule has 1 fully saturated rings. The second-order valence-corrected chi connectivity index (χ2v) is 9.38. The normalized spacial score (nSPS) is 16.2. The van der Waals surface area contributed by atoms with Gasteiger partial charge in [-0.15, -0.1) is 0 Å². The van der Waals surface area contributed by atoms with Crippen LogP contribution in [0.15, 0.2) is 57.9 Å². The van der Waals surface area contributed by atoms with Crippen LogP contribution in [-0.4, -0.2) is 58.7 Å². The highest BCUT2D eigenvalue weighted by atomic mass is 79.9. The van der Waals surface area contributed by atoms with Crippen LogP contribution >= 0.6 is 15.9 Å². The SMILES string of the molecule is CCOC(=O)c1ccc(S(=O)(=O)NCC(c2ccccc2)N2CCOCC2)c(Br)c1. The molecule has 2 aromatic carbocycles. The molecule has 3 rings (SSSR count). The van der Waals surface area contributed by atoms with Crippen LogP contribution in [0.5, 0.6) is 0 Å². The lowest BCUT2D eigenvalue weighted by Crippen LogP contribution is -2.43. The molecule has 1 atom stereocenters. The van der Waals surface area contributed by atoms with Gasteiger partial charge in [0.05, 0.1) is 30.3 Å². The first-order chi connectivity index (χ1) is 14.4. The van der Waals surface area contributed by atoms with Crippen molar-refractivity contribution in [3.63, 3.8) is 0 Å². The molecule has 9 heteroatoms. The van der Waals surface area contributed by atoms with E-state index in [0.29, 0.717) is 17.7 Å². The van der Waals surface area contributed by atoms with E-state index in [4.69, 9.17) is 9.47 Å². The lowest BCUT2D eigenvalue weighted by atomic mass is 10.1. The Hall–Kier alpha value is -1.78. The molecule has 7 nitrogen and oxygen atoms in total. The Balaban J connectivity index is 1.78. The van der Waals surface area contributed by atoms with E-state index in [0.717, 1.165) is 18.7 Å². The first-order valence-electron chi connectivity index (χ1n) is 9.75. The maximum absolute atomic E-state index is 13.0. The molecule has 0 radical (unpaired) electrons. The van der Waals surface area contributed by atoms with Crippen LogP contribution in [0.1, 0.15) is 28.9 Å². The van der Waals surface area contributed by atoms with Crippen molar-refractivity contribution in [2.24, 2.45) is 0 Å². The quantitative estimate of drug-likeness (QED) is 0.565. The van der Waals surface area contributed by atoms with Crippen molar-refractivity contribution in [1.29, 1.82) is 0 Å². The van der Waals surface area contributed by atoms with E-state index in [1.165, 1.54) is 18.2 Å². The Bertz CT molecular complexity index is 963. The number of carbonyl (C=O) groups excluding carboxylic acids is 1. The van der Waals surface area contributed by atoms with E-state index >= 15 is 0 Å². The largest absolute Gasteiger partial charge is 0.462 e. The highest BCUT2D eigenvalue weighted by Gasteiger charge is 2.26. The zero-order valence-corrected chi connectivity index (χ0v) is 19.1. The molecule has 30 heavy (non-hydrogen) atoms. The van der Waals surface area contributed by atoms with Gasteiger partial charge < -0.3 is 9.47 Å². The molecule has 0 bridgehead atoms. The molecule has 0 aliphatic carbocycles. The number of carbonyl (C=O) groups is 1. The third-order valence-corrected chi connectivity index (χ3v) is 7.27. The van der Waals surface area contributed by atoms with Crippen LogP contribution in [0.25, 0.3) is 0 Å². The summed E-state index contributed by atoms with van der Waals surface area (Å²) in [7, 11) is -3.79. The molecule has 1 N–H and O–H groups in total. The second-order valence-electron chi connectivity index (χ2n) is 6.79. The minimum atomic E-state index is -3.79. The first-order valence-corrected chi connectivity index (χ1v) is 12.0. The molecule has 0 spiro atoms. The van der Waals surface area contributed by atoms with Gasteiger partial charge in [-0.25, -0.2) is 17.9 Å². The third kappa shape index (κ3) is 5.67. The zero-order valence-electron chi connectivity index (χ0n) is 16.7. The lowest BCUT2D eigenvalue weighted by molar-refractivity contribution is 0.0172. The molecule has 1 aliphatic heterocycles. The molecule has 1 unspecified atom stereocenters. The van der Waals surface area contributed by atoms with Crippen molar-refractivity contribution in [3.05, 3.63) is 64.1 Å². The van der Waals surface area contributed by atoms with Gasteiger partial charge in [-0.2, -0.15) is 0 Å². The van der Waals surface area contributed by atoms with Gasteiger partial charge in [-0.05, 0) is 46.6 Å². The predicted octanol–water partition coefficient (Wildman–Crippen LogP) is 2.98. The smallest absolute Gasteiger partial charge is 0.338 e. The zero-order chi connectivity index (χ0) is 21.6. The molecule has 162 valence electrons. The Morgan fingerprint density at radius 1 is 1.20 bits per heavy atom. The second kappa shape index (κ2) is 10.5. The molecule has 2 aromatic rings.